The van der Waals surface area contributed by atoms with E-state index in [1.54, 1.807) is 37.4 Å². The fourth-order valence-electron chi connectivity index (χ4n) is 2.25. The number of carbonyl (C=O) groups excluding carboxylic acids is 3. The third-order valence-corrected chi connectivity index (χ3v) is 3.56. The fourth-order valence-corrected chi connectivity index (χ4v) is 2.25. The Kier molecular flexibility index (Phi) is 8.28. The molecule has 0 saturated heterocycles. The minimum absolute atomic E-state index is 0.406. The van der Waals surface area contributed by atoms with Gasteiger partial charge in [0.1, 0.15) is 0 Å². The third kappa shape index (κ3) is 6.34. The number of carbonyl (C=O) groups is 4. The van der Waals surface area contributed by atoms with Crippen LogP contribution in [0.25, 0.3) is 0 Å². The summed E-state index contributed by atoms with van der Waals surface area (Å²) in [5.41, 5.74) is 0.406. The van der Waals surface area contributed by atoms with Gasteiger partial charge in [0.05, 0.1) is 12.6 Å². The molecule has 0 heterocycles. The molecule has 8 heteroatoms. The van der Waals surface area contributed by atoms with Crippen LogP contribution in [0.5, 0.6) is 0 Å². The summed E-state index contributed by atoms with van der Waals surface area (Å²) in [4.78, 5) is 47.0. The molecule has 0 radical (unpaired) electrons. The van der Waals surface area contributed by atoms with Gasteiger partial charge in [-0.1, -0.05) is 43.7 Å². The van der Waals surface area contributed by atoms with Gasteiger partial charge in [0.2, 0.25) is 11.7 Å². The standard InChI is InChI=1S/C17H23N3O5/c1-3-7-12(18-2)15(22)16(23)19-10-13(21)20-14(17(24)25)11-8-5-4-6-9-11/h4-6,8-9,12,14,18H,3,7,10H2,1-2H3,(H,19,23)(H,20,21)(H,24,25). The zero-order valence-electron chi connectivity index (χ0n) is 14.2. The zero-order valence-corrected chi connectivity index (χ0v) is 14.2. The van der Waals surface area contributed by atoms with E-state index in [0.717, 1.165) is 6.42 Å². The summed E-state index contributed by atoms with van der Waals surface area (Å²) in [6.45, 7) is 1.41. The lowest BCUT2D eigenvalue weighted by Gasteiger charge is -2.16. The molecule has 0 aliphatic heterocycles. The van der Waals surface area contributed by atoms with E-state index in [1.165, 1.54) is 0 Å². The van der Waals surface area contributed by atoms with Crippen molar-refractivity contribution < 1.29 is 24.3 Å². The molecule has 2 unspecified atom stereocenters. The van der Waals surface area contributed by atoms with E-state index in [0.29, 0.717) is 12.0 Å². The molecule has 0 fully saturated rings. The second kappa shape index (κ2) is 10.2. The number of benzene rings is 1. The van der Waals surface area contributed by atoms with Crippen LogP contribution in [0, 0.1) is 0 Å². The number of rotatable bonds is 10. The van der Waals surface area contributed by atoms with Gasteiger partial charge < -0.3 is 21.1 Å². The van der Waals surface area contributed by atoms with E-state index in [9.17, 15) is 24.3 Å². The quantitative estimate of drug-likeness (QED) is 0.441. The van der Waals surface area contributed by atoms with E-state index < -0.39 is 42.2 Å². The molecule has 0 aromatic heterocycles. The number of ketones is 1. The molecular formula is C17H23N3O5. The molecule has 0 bridgehead atoms. The number of hydrogen-bond acceptors (Lipinski definition) is 5. The van der Waals surface area contributed by atoms with Gasteiger partial charge in [0, 0.05) is 0 Å². The summed E-state index contributed by atoms with van der Waals surface area (Å²) in [5, 5.41) is 16.5. The van der Waals surface area contributed by atoms with Crippen molar-refractivity contribution >= 4 is 23.6 Å². The van der Waals surface area contributed by atoms with E-state index in [1.807, 2.05) is 6.92 Å². The molecule has 0 spiro atoms. The predicted molar refractivity (Wildman–Crippen MR) is 90.7 cm³/mol. The Morgan fingerprint density at radius 2 is 1.76 bits per heavy atom. The first-order valence-corrected chi connectivity index (χ1v) is 7.97. The van der Waals surface area contributed by atoms with Crippen LogP contribution in [0.15, 0.2) is 30.3 Å². The van der Waals surface area contributed by atoms with Crippen molar-refractivity contribution in [3.05, 3.63) is 35.9 Å². The van der Waals surface area contributed by atoms with Crippen LogP contribution >= 0.6 is 0 Å². The van der Waals surface area contributed by atoms with Gasteiger partial charge in [-0.05, 0) is 19.0 Å². The van der Waals surface area contributed by atoms with Gasteiger partial charge in [-0.25, -0.2) is 4.79 Å². The first-order chi connectivity index (χ1) is 11.9. The molecular weight excluding hydrogens is 326 g/mol. The Morgan fingerprint density at radius 3 is 2.28 bits per heavy atom. The first-order valence-electron chi connectivity index (χ1n) is 7.97. The monoisotopic (exact) mass is 349 g/mol. The number of Topliss-reactive ketones (excluding diaryl/α,β-unsaturated/α-hetero) is 1. The maximum Gasteiger partial charge on any atom is 0.330 e. The number of nitrogens with one attached hydrogen (secondary N) is 3. The highest BCUT2D eigenvalue weighted by molar-refractivity contribution is 6.38. The SMILES string of the molecule is CCCC(NC)C(=O)C(=O)NCC(=O)NC(C(=O)O)c1ccccc1. The van der Waals surface area contributed by atoms with Crippen molar-refractivity contribution in [3.8, 4) is 0 Å². The molecule has 25 heavy (non-hydrogen) atoms. The van der Waals surface area contributed by atoms with Gasteiger partial charge in [-0.3, -0.25) is 14.4 Å². The smallest absolute Gasteiger partial charge is 0.330 e. The van der Waals surface area contributed by atoms with E-state index in [2.05, 4.69) is 16.0 Å². The lowest BCUT2D eigenvalue weighted by molar-refractivity contribution is -0.142. The Balaban J connectivity index is 2.59. The normalized spacial score (nSPS) is 12.7. The highest BCUT2D eigenvalue weighted by Crippen LogP contribution is 2.12. The molecule has 0 aliphatic carbocycles. The van der Waals surface area contributed by atoms with Crippen LogP contribution in [-0.4, -0.2) is 48.3 Å². The molecule has 8 nitrogen and oxygen atoms in total. The summed E-state index contributed by atoms with van der Waals surface area (Å²) in [7, 11) is 1.58. The van der Waals surface area contributed by atoms with E-state index in [4.69, 9.17) is 0 Å². The summed E-state index contributed by atoms with van der Waals surface area (Å²) >= 11 is 0. The van der Waals surface area contributed by atoms with Crippen LogP contribution in [-0.2, 0) is 19.2 Å². The van der Waals surface area contributed by atoms with Crippen LogP contribution in [0.3, 0.4) is 0 Å². The summed E-state index contributed by atoms with van der Waals surface area (Å²) in [6, 6.07) is 6.35. The lowest BCUT2D eigenvalue weighted by Crippen LogP contribution is -2.47. The number of hydrogen-bond donors (Lipinski definition) is 4. The van der Waals surface area contributed by atoms with Crippen LogP contribution in [0.4, 0.5) is 0 Å². The first kappa shape index (κ1) is 20.3. The van der Waals surface area contributed by atoms with E-state index in [-0.39, 0.29) is 0 Å². The average molecular weight is 349 g/mol. The predicted octanol–water partition coefficient (Wildman–Crippen LogP) is 0.00190. The minimum atomic E-state index is -1.23. The summed E-state index contributed by atoms with van der Waals surface area (Å²) in [5.74, 6) is -3.46. The number of amides is 2. The van der Waals surface area contributed by atoms with Crippen molar-refractivity contribution in [3.63, 3.8) is 0 Å². The molecule has 1 aromatic carbocycles. The van der Waals surface area contributed by atoms with Crippen molar-refractivity contribution in [2.75, 3.05) is 13.6 Å². The fraction of sp³-hybridized carbons (Fsp3) is 0.412. The highest BCUT2D eigenvalue weighted by Gasteiger charge is 2.25. The van der Waals surface area contributed by atoms with Crippen molar-refractivity contribution in [2.45, 2.75) is 31.8 Å². The Morgan fingerprint density at radius 1 is 1.12 bits per heavy atom. The van der Waals surface area contributed by atoms with Crippen molar-refractivity contribution in [2.24, 2.45) is 0 Å². The Labute approximate surface area is 146 Å². The Bertz CT molecular complexity index is 618. The topological polar surface area (TPSA) is 125 Å². The van der Waals surface area contributed by atoms with Crippen molar-refractivity contribution in [1.82, 2.24) is 16.0 Å². The molecule has 2 atom stereocenters. The molecule has 136 valence electrons. The van der Waals surface area contributed by atoms with Gasteiger partial charge in [0.15, 0.2) is 6.04 Å². The van der Waals surface area contributed by atoms with Gasteiger partial charge in [-0.2, -0.15) is 0 Å². The maximum absolute atomic E-state index is 11.9. The maximum atomic E-state index is 11.9. The molecule has 0 aliphatic rings. The molecule has 4 N–H and O–H groups in total. The molecule has 1 aromatic rings. The second-order valence-electron chi connectivity index (χ2n) is 5.43. The minimum Gasteiger partial charge on any atom is -0.479 e. The number of likely N-dealkylation sites (N-methyl/N-ethyl adjacent to an activating group) is 1. The number of carboxylic acid groups (broad SMARTS) is 1. The third-order valence-electron chi connectivity index (χ3n) is 3.56. The molecule has 2 amide bonds. The van der Waals surface area contributed by atoms with Crippen LogP contribution in [0.1, 0.15) is 31.4 Å². The van der Waals surface area contributed by atoms with Crippen molar-refractivity contribution in [1.29, 1.82) is 0 Å². The second-order valence-corrected chi connectivity index (χ2v) is 5.43. The lowest BCUT2D eigenvalue weighted by atomic mass is 10.1. The zero-order chi connectivity index (χ0) is 18.8. The molecule has 0 saturated carbocycles. The molecule has 1 rings (SSSR count). The number of carboxylic acids is 1. The van der Waals surface area contributed by atoms with Gasteiger partial charge in [-0.15, -0.1) is 0 Å². The highest BCUT2D eigenvalue weighted by atomic mass is 16.4. The summed E-state index contributed by atoms with van der Waals surface area (Å²) < 4.78 is 0. The average Bonchev–Trinajstić information content (AvgIpc) is 2.62. The summed E-state index contributed by atoms with van der Waals surface area (Å²) in [6.07, 6.45) is 1.23. The van der Waals surface area contributed by atoms with Gasteiger partial charge in [0.25, 0.3) is 5.91 Å². The van der Waals surface area contributed by atoms with Gasteiger partial charge >= 0.3 is 5.97 Å². The number of aliphatic carboxylic acids is 1. The largest absolute Gasteiger partial charge is 0.479 e. The van der Waals surface area contributed by atoms with Crippen LogP contribution in [0.2, 0.25) is 0 Å². The van der Waals surface area contributed by atoms with E-state index >= 15 is 0 Å². The van der Waals surface area contributed by atoms with Crippen LogP contribution < -0.4 is 16.0 Å². The Hall–Kier alpha value is -2.74.